The number of amides is 1. The quantitative estimate of drug-likeness (QED) is 0.629. The zero-order chi connectivity index (χ0) is 20.0. The Morgan fingerprint density at radius 2 is 1.75 bits per heavy atom. The summed E-state index contributed by atoms with van der Waals surface area (Å²) in [6, 6.07) is 8.59. The lowest BCUT2D eigenvalue weighted by molar-refractivity contribution is -0.121. The summed E-state index contributed by atoms with van der Waals surface area (Å²) in [5.41, 5.74) is 0.785. The number of benzene rings is 2. The first-order valence-electron chi connectivity index (χ1n) is 8.41. The van der Waals surface area contributed by atoms with E-state index in [1.165, 1.54) is 18.2 Å². The predicted molar refractivity (Wildman–Crippen MR) is 106 cm³/mol. The van der Waals surface area contributed by atoms with Crippen LogP contribution < -0.4 is 10.6 Å². The maximum absolute atomic E-state index is 13.7. The highest BCUT2D eigenvalue weighted by atomic mass is 35.5. The van der Waals surface area contributed by atoms with E-state index >= 15 is 0 Å². The van der Waals surface area contributed by atoms with Gasteiger partial charge in [-0.1, -0.05) is 18.2 Å². The molecule has 0 heterocycles. The summed E-state index contributed by atoms with van der Waals surface area (Å²) in [7, 11) is -1.68. The van der Waals surface area contributed by atoms with E-state index in [0.717, 1.165) is 18.4 Å². The number of hydrogen-bond acceptors (Lipinski definition) is 4. The maximum Gasteiger partial charge on any atom is 0.220 e. The van der Waals surface area contributed by atoms with Crippen LogP contribution in [0.2, 0.25) is 0 Å². The van der Waals surface area contributed by atoms with Crippen LogP contribution in [-0.2, 0) is 14.6 Å². The van der Waals surface area contributed by atoms with Gasteiger partial charge < -0.3 is 10.6 Å². The average molecular weight is 433 g/mol. The summed E-state index contributed by atoms with van der Waals surface area (Å²) in [5, 5.41) is 5.72. The van der Waals surface area contributed by atoms with E-state index in [4.69, 9.17) is 0 Å². The number of sulfone groups is 1. The van der Waals surface area contributed by atoms with Gasteiger partial charge in [0.2, 0.25) is 5.91 Å². The Morgan fingerprint density at radius 1 is 1.07 bits per heavy atom. The number of carbonyl (C=O) groups is 1. The van der Waals surface area contributed by atoms with Gasteiger partial charge in [-0.15, -0.1) is 12.4 Å². The summed E-state index contributed by atoms with van der Waals surface area (Å²) < 4.78 is 50.7. The lowest BCUT2D eigenvalue weighted by Gasteiger charge is -2.21. The Balaban J connectivity index is 0.00000392. The van der Waals surface area contributed by atoms with E-state index < -0.39 is 27.5 Å². The second-order valence-electron chi connectivity index (χ2n) is 6.23. The fourth-order valence-electron chi connectivity index (χ4n) is 2.63. The molecule has 28 heavy (non-hydrogen) atoms. The van der Waals surface area contributed by atoms with Gasteiger partial charge in [0, 0.05) is 12.7 Å². The minimum atomic E-state index is -3.46. The summed E-state index contributed by atoms with van der Waals surface area (Å²) in [4.78, 5) is 12.4. The second kappa shape index (κ2) is 10.5. The van der Waals surface area contributed by atoms with Gasteiger partial charge in [-0.05, 0) is 55.4 Å². The molecule has 0 radical (unpaired) electrons. The van der Waals surface area contributed by atoms with Gasteiger partial charge in [0.1, 0.15) is 0 Å². The predicted octanol–water partition coefficient (Wildman–Crippen LogP) is 3.00. The summed E-state index contributed by atoms with van der Waals surface area (Å²) in [6.07, 6.45) is 1.93. The maximum atomic E-state index is 13.7. The van der Waals surface area contributed by atoms with Gasteiger partial charge in [0.15, 0.2) is 21.5 Å². The molecule has 1 amide bonds. The summed E-state index contributed by atoms with van der Waals surface area (Å²) >= 11 is 0. The van der Waals surface area contributed by atoms with Crippen LogP contribution in [0.25, 0.3) is 0 Å². The van der Waals surface area contributed by atoms with Crippen LogP contribution in [-0.4, -0.2) is 34.2 Å². The van der Waals surface area contributed by atoms with Crippen molar-refractivity contribution in [1.82, 2.24) is 10.6 Å². The van der Waals surface area contributed by atoms with E-state index in [2.05, 4.69) is 10.6 Å². The third-order valence-corrected chi connectivity index (χ3v) is 5.14. The minimum absolute atomic E-state index is 0. The molecule has 9 heteroatoms. The van der Waals surface area contributed by atoms with Crippen molar-refractivity contribution in [2.24, 2.45) is 0 Å². The number of nitrogens with one attached hydrogen (secondary N) is 2. The highest BCUT2D eigenvalue weighted by Crippen LogP contribution is 2.26. The van der Waals surface area contributed by atoms with Crippen molar-refractivity contribution in [2.75, 3.05) is 19.8 Å². The largest absolute Gasteiger partial charge is 0.345 e. The standard InChI is InChI=1S/C19H22F2N2O3S.ClH/c1-22-10-4-7-18(24)23-19(14-8-9-16(20)17(21)12-14)13-5-3-6-15(11-13)27(2,25)26;/h3,5-6,8-9,11-12,19,22H,4,7,10H2,1-2H3,(H,23,24);1H. The van der Waals surface area contributed by atoms with Crippen molar-refractivity contribution in [2.45, 2.75) is 23.8 Å². The third kappa shape index (κ3) is 6.54. The molecule has 2 aromatic rings. The molecular weight excluding hydrogens is 410 g/mol. The lowest BCUT2D eigenvalue weighted by atomic mass is 9.98. The molecule has 0 saturated heterocycles. The van der Waals surface area contributed by atoms with Gasteiger partial charge >= 0.3 is 0 Å². The second-order valence-corrected chi connectivity index (χ2v) is 8.24. The first-order chi connectivity index (χ1) is 12.7. The Kier molecular flexibility index (Phi) is 9.00. The Labute approximate surface area is 169 Å². The summed E-state index contributed by atoms with van der Waals surface area (Å²) in [5.74, 6) is -2.31. The van der Waals surface area contributed by atoms with Crippen molar-refractivity contribution < 1.29 is 22.0 Å². The zero-order valence-corrected chi connectivity index (χ0v) is 17.2. The van der Waals surface area contributed by atoms with E-state index in [-0.39, 0.29) is 29.6 Å². The Morgan fingerprint density at radius 3 is 2.36 bits per heavy atom. The van der Waals surface area contributed by atoms with E-state index in [1.807, 2.05) is 0 Å². The normalized spacial score (nSPS) is 12.1. The molecule has 1 atom stereocenters. The van der Waals surface area contributed by atoms with Crippen LogP contribution in [0.4, 0.5) is 8.78 Å². The first kappa shape index (κ1) is 24.0. The summed E-state index contributed by atoms with van der Waals surface area (Å²) in [6.45, 7) is 0.660. The average Bonchev–Trinajstić information content (AvgIpc) is 2.62. The van der Waals surface area contributed by atoms with Gasteiger partial charge in [-0.3, -0.25) is 4.79 Å². The first-order valence-corrected chi connectivity index (χ1v) is 10.3. The van der Waals surface area contributed by atoms with Crippen molar-refractivity contribution in [1.29, 1.82) is 0 Å². The van der Waals surface area contributed by atoms with Crippen molar-refractivity contribution in [3.05, 3.63) is 65.2 Å². The molecule has 0 aliphatic carbocycles. The topological polar surface area (TPSA) is 75.3 Å². The van der Waals surface area contributed by atoms with Crippen molar-refractivity contribution in [3.63, 3.8) is 0 Å². The smallest absolute Gasteiger partial charge is 0.220 e. The number of hydrogen-bond donors (Lipinski definition) is 2. The number of rotatable bonds is 8. The molecule has 0 bridgehead atoms. The van der Waals surface area contributed by atoms with E-state index in [0.29, 0.717) is 24.1 Å². The molecule has 154 valence electrons. The van der Waals surface area contributed by atoms with E-state index in [1.54, 1.807) is 19.2 Å². The molecule has 0 aromatic heterocycles. The molecule has 2 aromatic carbocycles. The SMILES string of the molecule is CNCCCC(=O)NC(c1cccc(S(C)(=O)=O)c1)c1ccc(F)c(F)c1.Cl. The fourth-order valence-corrected chi connectivity index (χ4v) is 3.31. The van der Waals surface area contributed by atoms with Crippen LogP contribution >= 0.6 is 12.4 Å². The van der Waals surface area contributed by atoms with Crippen LogP contribution in [0.15, 0.2) is 47.4 Å². The van der Waals surface area contributed by atoms with Crippen molar-refractivity contribution >= 4 is 28.2 Å². The molecule has 2 rings (SSSR count). The Hall–Kier alpha value is -2.03. The van der Waals surface area contributed by atoms with Crippen LogP contribution in [0.3, 0.4) is 0 Å². The number of halogens is 3. The molecule has 5 nitrogen and oxygen atoms in total. The molecular formula is C19H23ClF2N2O3S. The zero-order valence-electron chi connectivity index (χ0n) is 15.5. The molecule has 1 unspecified atom stereocenters. The fraction of sp³-hybridized carbons (Fsp3) is 0.316. The Bertz CT molecular complexity index is 923. The van der Waals surface area contributed by atoms with Gasteiger partial charge in [0.25, 0.3) is 0 Å². The highest BCUT2D eigenvalue weighted by molar-refractivity contribution is 7.90. The number of carbonyl (C=O) groups excluding carboxylic acids is 1. The minimum Gasteiger partial charge on any atom is -0.345 e. The monoisotopic (exact) mass is 432 g/mol. The third-order valence-electron chi connectivity index (χ3n) is 4.03. The van der Waals surface area contributed by atoms with Crippen LogP contribution in [0.1, 0.15) is 30.0 Å². The van der Waals surface area contributed by atoms with E-state index in [9.17, 15) is 22.0 Å². The molecule has 0 fully saturated rings. The molecule has 0 aliphatic rings. The van der Waals surface area contributed by atoms with Gasteiger partial charge in [-0.25, -0.2) is 17.2 Å². The molecule has 0 spiro atoms. The molecule has 0 aliphatic heterocycles. The molecule has 2 N–H and O–H groups in total. The van der Waals surface area contributed by atoms with Gasteiger partial charge in [0.05, 0.1) is 10.9 Å². The highest BCUT2D eigenvalue weighted by Gasteiger charge is 2.20. The lowest BCUT2D eigenvalue weighted by Crippen LogP contribution is -2.30. The van der Waals surface area contributed by atoms with Crippen molar-refractivity contribution in [3.8, 4) is 0 Å². The van der Waals surface area contributed by atoms with Crippen LogP contribution in [0.5, 0.6) is 0 Å². The van der Waals surface area contributed by atoms with Crippen LogP contribution in [0, 0.1) is 11.6 Å². The van der Waals surface area contributed by atoms with Gasteiger partial charge in [-0.2, -0.15) is 0 Å². The molecule has 0 saturated carbocycles.